The van der Waals surface area contributed by atoms with Gasteiger partial charge in [0.2, 0.25) is 0 Å². The number of nitro benzene ring substituents is 1. The Bertz CT molecular complexity index is 1360. The number of furan rings is 1. The van der Waals surface area contributed by atoms with Crippen LogP contribution in [0.1, 0.15) is 38.8 Å². The summed E-state index contributed by atoms with van der Waals surface area (Å²) in [5.74, 6) is 0.715. The number of carbonyl (C=O) groups excluding carboxylic acids is 1. The summed E-state index contributed by atoms with van der Waals surface area (Å²) in [4.78, 5) is 23.1. The molecule has 2 aromatic heterocycles. The maximum atomic E-state index is 12.6. The summed E-state index contributed by atoms with van der Waals surface area (Å²) in [6.45, 7) is 6.30. The molecule has 174 valence electrons. The summed E-state index contributed by atoms with van der Waals surface area (Å²) in [5.41, 5.74) is 4.23. The van der Waals surface area contributed by atoms with Gasteiger partial charge in [0.25, 0.3) is 11.6 Å². The molecule has 34 heavy (non-hydrogen) atoms. The van der Waals surface area contributed by atoms with Crippen molar-refractivity contribution in [1.82, 2.24) is 9.78 Å². The predicted octanol–water partition coefficient (Wildman–Crippen LogP) is 5.19. The van der Waals surface area contributed by atoms with Crippen molar-refractivity contribution < 1.29 is 18.9 Å². The average Bonchev–Trinajstić information content (AvgIpc) is 3.38. The minimum Gasteiger partial charge on any atom is -0.486 e. The van der Waals surface area contributed by atoms with Gasteiger partial charge in [-0.3, -0.25) is 19.6 Å². The van der Waals surface area contributed by atoms with E-state index in [-0.39, 0.29) is 24.0 Å². The molecule has 9 heteroatoms. The Morgan fingerprint density at radius 1 is 1.12 bits per heavy atom. The molecule has 0 spiro atoms. The topological polar surface area (TPSA) is 112 Å². The second kappa shape index (κ2) is 9.62. The highest BCUT2D eigenvalue weighted by Gasteiger charge is 2.14. The lowest BCUT2D eigenvalue weighted by Gasteiger charge is -2.08. The minimum atomic E-state index is -0.439. The number of carbonyl (C=O) groups is 1. The van der Waals surface area contributed by atoms with Crippen LogP contribution in [0.5, 0.6) is 5.75 Å². The number of nitrogens with one attached hydrogen (secondary N) is 1. The summed E-state index contributed by atoms with van der Waals surface area (Å²) >= 11 is 0. The molecule has 2 aromatic carbocycles. The number of aryl methyl sites for hydroxylation is 3. The van der Waals surface area contributed by atoms with Gasteiger partial charge in [-0.15, -0.1) is 0 Å². The first kappa shape index (κ1) is 22.8. The average molecular weight is 460 g/mol. The predicted molar refractivity (Wildman–Crippen MR) is 126 cm³/mol. The molecular formula is C25H24N4O5. The Kier molecular flexibility index (Phi) is 6.44. The number of anilines is 1. The molecule has 1 N–H and O–H groups in total. The number of benzene rings is 2. The van der Waals surface area contributed by atoms with E-state index in [1.165, 1.54) is 12.1 Å². The van der Waals surface area contributed by atoms with E-state index in [0.29, 0.717) is 29.3 Å². The zero-order valence-electron chi connectivity index (χ0n) is 19.1. The molecule has 0 saturated carbocycles. The van der Waals surface area contributed by atoms with E-state index in [1.54, 1.807) is 25.1 Å². The molecule has 2 heterocycles. The summed E-state index contributed by atoms with van der Waals surface area (Å²) in [6.07, 6.45) is 0. The maximum absolute atomic E-state index is 12.6. The van der Waals surface area contributed by atoms with Crippen LogP contribution in [0.15, 0.2) is 65.1 Å². The fourth-order valence-electron chi connectivity index (χ4n) is 3.60. The van der Waals surface area contributed by atoms with Crippen LogP contribution in [0.4, 0.5) is 11.4 Å². The molecule has 0 aliphatic rings. The van der Waals surface area contributed by atoms with Crippen LogP contribution in [0.3, 0.4) is 0 Å². The Morgan fingerprint density at radius 2 is 1.94 bits per heavy atom. The van der Waals surface area contributed by atoms with E-state index < -0.39 is 4.92 Å². The first-order valence-electron chi connectivity index (χ1n) is 10.7. The van der Waals surface area contributed by atoms with Crippen LogP contribution >= 0.6 is 0 Å². The SMILES string of the molecule is Cc1cc(C)n(Cc2cccc(NC(=O)c3ccc(COc4ccc([N+](=O)[O-])c(C)c4)o3)c2)n1. The summed E-state index contributed by atoms with van der Waals surface area (Å²) in [5, 5.41) is 18.3. The third-order valence-electron chi connectivity index (χ3n) is 5.25. The Morgan fingerprint density at radius 3 is 2.65 bits per heavy atom. The smallest absolute Gasteiger partial charge is 0.291 e. The third kappa shape index (κ3) is 5.32. The lowest BCUT2D eigenvalue weighted by Crippen LogP contribution is -2.11. The van der Waals surface area contributed by atoms with Crippen molar-refractivity contribution >= 4 is 17.3 Å². The van der Waals surface area contributed by atoms with Crippen LogP contribution in [-0.4, -0.2) is 20.6 Å². The number of aromatic nitrogens is 2. The van der Waals surface area contributed by atoms with Gasteiger partial charge in [0.15, 0.2) is 5.76 Å². The van der Waals surface area contributed by atoms with Gasteiger partial charge in [0.1, 0.15) is 18.1 Å². The van der Waals surface area contributed by atoms with Gasteiger partial charge in [0, 0.05) is 23.0 Å². The van der Waals surface area contributed by atoms with E-state index >= 15 is 0 Å². The lowest BCUT2D eigenvalue weighted by molar-refractivity contribution is -0.385. The highest BCUT2D eigenvalue weighted by molar-refractivity contribution is 6.02. The minimum absolute atomic E-state index is 0.0308. The number of hydrogen-bond donors (Lipinski definition) is 1. The zero-order valence-corrected chi connectivity index (χ0v) is 19.1. The van der Waals surface area contributed by atoms with Gasteiger partial charge in [-0.05, 0) is 68.8 Å². The molecular weight excluding hydrogens is 436 g/mol. The van der Waals surface area contributed by atoms with Gasteiger partial charge >= 0.3 is 0 Å². The third-order valence-corrected chi connectivity index (χ3v) is 5.25. The molecule has 0 fully saturated rings. The highest BCUT2D eigenvalue weighted by atomic mass is 16.6. The Labute approximate surface area is 196 Å². The number of hydrogen-bond acceptors (Lipinski definition) is 6. The van der Waals surface area contributed by atoms with E-state index in [9.17, 15) is 14.9 Å². The van der Waals surface area contributed by atoms with E-state index in [2.05, 4.69) is 10.4 Å². The molecule has 0 aliphatic carbocycles. The van der Waals surface area contributed by atoms with Crippen LogP contribution in [-0.2, 0) is 13.2 Å². The zero-order chi connectivity index (χ0) is 24.2. The molecule has 1 amide bonds. The van der Waals surface area contributed by atoms with Crippen molar-refractivity contribution in [2.24, 2.45) is 0 Å². The van der Waals surface area contributed by atoms with Gasteiger partial charge in [-0.1, -0.05) is 12.1 Å². The molecule has 0 saturated heterocycles. The highest BCUT2D eigenvalue weighted by Crippen LogP contribution is 2.24. The summed E-state index contributed by atoms with van der Waals surface area (Å²) in [6, 6.07) is 17.3. The Balaban J connectivity index is 1.37. The fraction of sp³-hybridized carbons (Fsp3) is 0.200. The largest absolute Gasteiger partial charge is 0.486 e. The lowest BCUT2D eigenvalue weighted by atomic mass is 10.2. The molecule has 9 nitrogen and oxygen atoms in total. The van der Waals surface area contributed by atoms with Crippen molar-refractivity contribution in [3.8, 4) is 5.75 Å². The number of nitrogens with zero attached hydrogens (tertiary/aromatic N) is 3. The summed E-state index contributed by atoms with van der Waals surface area (Å²) < 4.78 is 13.2. The Hall–Kier alpha value is -4.40. The first-order chi connectivity index (χ1) is 16.3. The molecule has 0 aliphatic heterocycles. The molecule has 4 rings (SSSR count). The van der Waals surface area contributed by atoms with Crippen molar-refractivity contribution in [3.63, 3.8) is 0 Å². The van der Waals surface area contributed by atoms with Crippen molar-refractivity contribution in [2.45, 2.75) is 33.9 Å². The van der Waals surface area contributed by atoms with Crippen LogP contribution in [0.25, 0.3) is 0 Å². The monoisotopic (exact) mass is 460 g/mol. The number of ether oxygens (including phenoxy) is 1. The maximum Gasteiger partial charge on any atom is 0.291 e. The van der Waals surface area contributed by atoms with Crippen LogP contribution in [0, 0.1) is 30.9 Å². The second-order valence-corrected chi connectivity index (χ2v) is 8.00. The van der Waals surface area contributed by atoms with Gasteiger partial charge in [0.05, 0.1) is 17.2 Å². The normalized spacial score (nSPS) is 10.8. The molecule has 0 bridgehead atoms. The van der Waals surface area contributed by atoms with Crippen molar-refractivity contribution in [1.29, 1.82) is 0 Å². The molecule has 4 aromatic rings. The van der Waals surface area contributed by atoms with E-state index in [0.717, 1.165) is 17.0 Å². The molecule has 0 radical (unpaired) electrons. The van der Waals surface area contributed by atoms with Crippen molar-refractivity contribution in [2.75, 3.05) is 5.32 Å². The summed E-state index contributed by atoms with van der Waals surface area (Å²) in [7, 11) is 0. The van der Waals surface area contributed by atoms with Gasteiger partial charge in [-0.2, -0.15) is 5.10 Å². The quantitative estimate of drug-likeness (QED) is 0.286. The van der Waals surface area contributed by atoms with E-state index in [4.69, 9.17) is 9.15 Å². The second-order valence-electron chi connectivity index (χ2n) is 8.00. The standard InChI is InChI=1S/C25H24N4O5/c1-16-11-21(7-9-23(16)29(31)32)33-15-22-8-10-24(34-22)25(30)26-20-6-4-5-19(13-20)14-28-18(3)12-17(2)27-28/h4-13H,14-15H2,1-3H3,(H,26,30). The first-order valence-corrected chi connectivity index (χ1v) is 10.7. The molecule has 0 unspecified atom stereocenters. The number of amides is 1. The number of rotatable bonds is 8. The van der Waals surface area contributed by atoms with Crippen LogP contribution < -0.4 is 10.1 Å². The molecule has 0 atom stereocenters. The van der Waals surface area contributed by atoms with Crippen LogP contribution in [0.2, 0.25) is 0 Å². The fourth-order valence-corrected chi connectivity index (χ4v) is 3.60. The van der Waals surface area contributed by atoms with Gasteiger partial charge in [-0.25, -0.2) is 0 Å². The van der Waals surface area contributed by atoms with E-state index in [1.807, 2.05) is 48.9 Å². The van der Waals surface area contributed by atoms with Crippen molar-refractivity contribution in [3.05, 3.63) is 105 Å². The number of nitro groups is 1. The van der Waals surface area contributed by atoms with Gasteiger partial charge < -0.3 is 14.5 Å².